The van der Waals surface area contributed by atoms with Crippen molar-refractivity contribution in [2.45, 2.75) is 6.92 Å². The highest BCUT2D eigenvalue weighted by atomic mass is 32.1. The van der Waals surface area contributed by atoms with E-state index in [0.717, 1.165) is 28.0 Å². The molecule has 4 N–H and O–H groups in total. The molecule has 0 spiro atoms. The van der Waals surface area contributed by atoms with Crippen LogP contribution in [0.15, 0.2) is 53.1 Å². The molecule has 0 saturated carbocycles. The summed E-state index contributed by atoms with van der Waals surface area (Å²) in [6.45, 7) is 1.65. The third-order valence-corrected chi connectivity index (χ3v) is 6.12. The molecular weight excluding hydrogens is 462 g/mol. The lowest BCUT2D eigenvalue weighted by Gasteiger charge is -2.10. The molecule has 0 aliphatic heterocycles. The molecule has 34 heavy (non-hydrogen) atoms. The third-order valence-electron chi connectivity index (χ3n) is 5.16. The standard InChI is InChI=1S/C23H15N3O7S/c1-10-4-7-15(33-10)18(28)16-17(11-5-6-14(27)12(9-11)22(31)32)26(21(30)19(16)29)23-25-13-3-2-8-24-20(13)34-23/h2-9,27,29-30H,1H3,(H,31,32). The Morgan fingerprint density at radius 3 is 2.56 bits per heavy atom. The van der Waals surface area contributed by atoms with Crippen LogP contribution in [0.3, 0.4) is 0 Å². The number of benzene rings is 1. The molecule has 0 aliphatic carbocycles. The van der Waals surface area contributed by atoms with E-state index >= 15 is 0 Å². The van der Waals surface area contributed by atoms with E-state index in [1.54, 1.807) is 31.3 Å². The summed E-state index contributed by atoms with van der Waals surface area (Å²) >= 11 is 1.09. The Morgan fingerprint density at radius 1 is 1.09 bits per heavy atom. The van der Waals surface area contributed by atoms with Crippen LogP contribution in [0.25, 0.3) is 26.7 Å². The van der Waals surface area contributed by atoms with Crippen LogP contribution in [0.4, 0.5) is 0 Å². The summed E-state index contributed by atoms with van der Waals surface area (Å²) in [7, 11) is 0. The van der Waals surface area contributed by atoms with Crippen molar-refractivity contribution in [2.24, 2.45) is 0 Å². The van der Waals surface area contributed by atoms with Crippen molar-refractivity contribution in [3.05, 3.63) is 71.3 Å². The van der Waals surface area contributed by atoms with Crippen LogP contribution >= 0.6 is 11.3 Å². The smallest absolute Gasteiger partial charge is 0.339 e. The number of phenols is 1. The molecule has 4 heterocycles. The van der Waals surface area contributed by atoms with Gasteiger partial charge in [0.15, 0.2) is 16.6 Å². The first-order valence-electron chi connectivity index (χ1n) is 9.82. The maximum atomic E-state index is 13.4. The number of carbonyl (C=O) groups excluding carboxylic acids is 1. The molecule has 5 aromatic rings. The zero-order valence-electron chi connectivity index (χ0n) is 17.4. The summed E-state index contributed by atoms with van der Waals surface area (Å²) in [5.41, 5.74) is -0.128. The molecule has 5 rings (SSSR count). The third kappa shape index (κ3) is 3.26. The number of aromatic carboxylic acids is 1. The highest BCUT2D eigenvalue weighted by Crippen LogP contribution is 2.45. The lowest BCUT2D eigenvalue weighted by molar-refractivity contribution is 0.0693. The second kappa shape index (κ2) is 7.74. The molecule has 1 aromatic carbocycles. The van der Waals surface area contributed by atoms with Crippen LogP contribution < -0.4 is 0 Å². The number of rotatable bonds is 5. The number of pyridine rings is 1. The van der Waals surface area contributed by atoms with Gasteiger partial charge in [-0.1, -0.05) is 11.3 Å². The van der Waals surface area contributed by atoms with Crippen LogP contribution in [0.2, 0.25) is 0 Å². The van der Waals surface area contributed by atoms with Crippen molar-refractivity contribution in [1.29, 1.82) is 0 Å². The molecule has 0 unspecified atom stereocenters. The fourth-order valence-electron chi connectivity index (χ4n) is 3.61. The van der Waals surface area contributed by atoms with E-state index in [4.69, 9.17) is 4.42 Å². The Balaban J connectivity index is 1.84. The summed E-state index contributed by atoms with van der Waals surface area (Å²) in [4.78, 5) is 34.2. The van der Waals surface area contributed by atoms with Gasteiger partial charge < -0.3 is 24.8 Å². The van der Waals surface area contributed by atoms with Crippen molar-refractivity contribution in [3.63, 3.8) is 0 Å². The van der Waals surface area contributed by atoms with E-state index in [-0.39, 0.29) is 27.7 Å². The normalized spacial score (nSPS) is 11.2. The molecule has 0 fully saturated rings. The lowest BCUT2D eigenvalue weighted by atomic mass is 10.0. The van der Waals surface area contributed by atoms with Gasteiger partial charge in [-0.2, -0.15) is 0 Å². The van der Waals surface area contributed by atoms with E-state index in [1.165, 1.54) is 12.1 Å². The van der Waals surface area contributed by atoms with Crippen molar-refractivity contribution in [2.75, 3.05) is 0 Å². The van der Waals surface area contributed by atoms with E-state index in [2.05, 4.69) is 9.97 Å². The number of furan rings is 1. The molecule has 170 valence electrons. The van der Waals surface area contributed by atoms with Gasteiger partial charge in [-0.05, 0) is 49.4 Å². The van der Waals surface area contributed by atoms with Crippen molar-refractivity contribution >= 4 is 33.4 Å². The van der Waals surface area contributed by atoms with Gasteiger partial charge in [-0.15, -0.1) is 0 Å². The van der Waals surface area contributed by atoms with Gasteiger partial charge in [0, 0.05) is 11.8 Å². The van der Waals surface area contributed by atoms with Crippen LogP contribution in [0.1, 0.15) is 32.2 Å². The minimum absolute atomic E-state index is 0.0318. The van der Waals surface area contributed by atoms with Gasteiger partial charge in [0.2, 0.25) is 11.7 Å². The summed E-state index contributed by atoms with van der Waals surface area (Å²) in [6, 6.07) is 10.0. The van der Waals surface area contributed by atoms with Gasteiger partial charge >= 0.3 is 5.97 Å². The highest BCUT2D eigenvalue weighted by molar-refractivity contribution is 7.20. The van der Waals surface area contributed by atoms with Crippen LogP contribution in [-0.4, -0.2) is 46.7 Å². The first-order valence-corrected chi connectivity index (χ1v) is 10.6. The number of carbonyl (C=O) groups is 2. The topological polar surface area (TPSA) is 159 Å². The second-order valence-electron chi connectivity index (χ2n) is 7.33. The number of aryl methyl sites for hydroxylation is 1. The average Bonchev–Trinajstić information content (AvgIpc) is 3.50. The Morgan fingerprint density at radius 2 is 1.88 bits per heavy atom. The molecule has 4 aromatic heterocycles. The van der Waals surface area contributed by atoms with Crippen molar-refractivity contribution in [1.82, 2.24) is 14.5 Å². The number of hydrogen-bond donors (Lipinski definition) is 4. The van der Waals surface area contributed by atoms with Crippen LogP contribution in [0, 0.1) is 6.92 Å². The maximum absolute atomic E-state index is 13.4. The number of thiazole rings is 1. The predicted octanol–water partition coefficient (Wildman–Crippen LogP) is 4.10. The summed E-state index contributed by atoms with van der Waals surface area (Å²) < 4.78 is 6.56. The number of hydrogen-bond acceptors (Lipinski definition) is 9. The lowest BCUT2D eigenvalue weighted by Crippen LogP contribution is -2.05. The van der Waals surface area contributed by atoms with Crippen LogP contribution in [0.5, 0.6) is 17.4 Å². The molecule has 10 nitrogen and oxygen atoms in total. The molecule has 0 aliphatic rings. The fourth-order valence-corrected chi connectivity index (χ4v) is 4.53. The number of fused-ring (bicyclic) bond motifs is 1. The summed E-state index contributed by atoms with van der Waals surface area (Å²) in [5, 5.41) is 41.3. The second-order valence-corrected chi connectivity index (χ2v) is 8.29. The predicted molar refractivity (Wildman–Crippen MR) is 121 cm³/mol. The first-order chi connectivity index (χ1) is 16.3. The van der Waals surface area contributed by atoms with E-state index < -0.39 is 34.7 Å². The van der Waals surface area contributed by atoms with Gasteiger partial charge in [-0.3, -0.25) is 9.36 Å². The maximum Gasteiger partial charge on any atom is 0.339 e. The quantitative estimate of drug-likeness (QED) is 0.273. The van der Waals surface area contributed by atoms with Gasteiger partial charge in [0.25, 0.3) is 0 Å². The summed E-state index contributed by atoms with van der Waals surface area (Å²) in [5.74, 6) is -3.65. The Bertz CT molecular complexity index is 1580. The summed E-state index contributed by atoms with van der Waals surface area (Å²) in [6.07, 6.45) is 1.57. The molecule has 0 saturated heterocycles. The van der Waals surface area contributed by atoms with Crippen molar-refractivity contribution < 1.29 is 34.4 Å². The fraction of sp³-hybridized carbons (Fsp3) is 0.0435. The number of ketones is 1. The van der Waals surface area contributed by atoms with Crippen LogP contribution in [-0.2, 0) is 0 Å². The largest absolute Gasteiger partial charge is 0.507 e. The van der Waals surface area contributed by atoms with Gasteiger partial charge in [0.05, 0.1) is 11.3 Å². The number of carboxylic acids is 1. The Labute approximate surface area is 194 Å². The molecule has 0 radical (unpaired) electrons. The number of carboxylic acid groups (broad SMARTS) is 1. The molecular formula is C23H15N3O7S. The first kappa shape index (κ1) is 21.2. The molecule has 11 heteroatoms. The minimum atomic E-state index is -1.40. The molecule has 0 bridgehead atoms. The van der Waals surface area contributed by atoms with Gasteiger partial charge in [0.1, 0.15) is 27.4 Å². The zero-order chi connectivity index (χ0) is 24.1. The SMILES string of the molecule is Cc1ccc(C(=O)c2c(O)c(O)n(-c3nc4cccnc4s3)c2-c2ccc(O)c(C(=O)O)c2)o1. The minimum Gasteiger partial charge on any atom is -0.507 e. The Hall–Kier alpha value is -4.64. The number of aromatic hydroxyl groups is 3. The molecule has 0 atom stereocenters. The zero-order valence-corrected chi connectivity index (χ0v) is 18.2. The monoisotopic (exact) mass is 477 g/mol. The van der Waals surface area contributed by atoms with Crippen molar-refractivity contribution in [3.8, 4) is 33.8 Å². The van der Waals surface area contributed by atoms with E-state index in [0.29, 0.717) is 16.1 Å². The highest BCUT2D eigenvalue weighted by Gasteiger charge is 2.33. The van der Waals surface area contributed by atoms with E-state index in [1.807, 2.05) is 0 Å². The average molecular weight is 477 g/mol. The van der Waals surface area contributed by atoms with Gasteiger partial charge in [-0.25, -0.2) is 14.8 Å². The number of nitrogens with zero attached hydrogens (tertiary/aromatic N) is 3. The number of aromatic nitrogens is 3. The Kier molecular flexibility index (Phi) is 4.83. The molecule has 0 amide bonds. The van der Waals surface area contributed by atoms with E-state index in [9.17, 15) is 30.0 Å².